The van der Waals surface area contributed by atoms with Crippen LogP contribution in [0, 0.1) is 5.82 Å². The van der Waals surface area contributed by atoms with Gasteiger partial charge in [-0.3, -0.25) is 0 Å². The van der Waals surface area contributed by atoms with Crippen LogP contribution >= 0.6 is 27.5 Å². The highest BCUT2D eigenvalue weighted by Crippen LogP contribution is 2.37. The van der Waals surface area contributed by atoms with E-state index in [0.29, 0.717) is 4.47 Å². The van der Waals surface area contributed by atoms with Crippen LogP contribution in [-0.4, -0.2) is 6.54 Å². The fraction of sp³-hybridized carbons (Fsp3) is 0.333. The molecule has 0 spiro atoms. The number of benzene rings is 1. The summed E-state index contributed by atoms with van der Waals surface area (Å²) >= 11 is 9.04. The van der Waals surface area contributed by atoms with E-state index in [9.17, 15) is 4.39 Å². The Morgan fingerprint density at radius 1 is 1.54 bits per heavy atom. The topological polar surface area (TPSA) is 12.0 Å². The summed E-state index contributed by atoms with van der Waals surface area (Å²) < 4.78 is 13.8. The number of anilines is 1. The smallest absolute Gasteiger partial charge is 0.143 e. The Balaban J connectivity index is 2.60. The first-order valence-electron chi connectivity index (χ1n) is 4.10. The van der Waals surface area contributed by atoms with Gasteiger partial charge in [0.2, 0.25) is 0 Å². The standard InChI is InChI=1S/C9H8BrClFN/c10-7-8(11)6(12)4-5-2-1-3-13-9(5)7/h4,13H,1-3H2. The van der Waals surface area contributed by atoms with Gasteiger partial charge in [0.25, 0.3) is 0 Å². The molecule has 1 aliphatic rings. The molecule has 2 rings (SSSR count). The zero-order valence-electron chi connectivity index (χ0n) is 6.83. The molecule has 0 saturated carbocycles. The van der Waals surface area contributed by atoms with Crippen LogP contribution in [0.1, 0.15) is 12.0 Å². The van der Waals surface area contributed by atoms with E-state index in [4.69, 9.17) is 11.6 Å². The van der Waals surface area contributed by atoms with E-state index in [2.05, 4.69) is 21.2 Å². The fourth-order valence-electron chi connectivity index (χ4n) is 1.52. The molecule has 0 radical (unpaired) electrons. The summed E-state index contributed by atoms with van der Waals surface area (Å²) in [5, 5.41) is 3.36. The van der Waals surface area contributed by atoms with Crippen LogP contribution in [0.3, 0.4) is 0 Å². The second-order valence-corrected chi connectivity index (χ2v) is 4.22. The molecule has 1 nitrogen and oxygen atoms in total. The first-order valence-corrected chi connectivity index (χ1v) is 5.27. The molecular weight excluding hydrogens is 256 g/mol. The number of hydrogen-bond donors (Lipinski definition) is 1. The Bertz CT molecular complexity index is 354. The minimum absolute atomic E-state index is 0.160. The molecule has 0 atom stereocenters. The molecule has 0 aliphatic carbocycles. The molecule has 4 heteroatoms. The van der Waals surface area contributed by atoms with Crippen molar-refractivity contribution in [2.24, 2.45) is 0 Å². The molecule has 0 aromatic heterocycles. The van der Waals surface area contributed by atoms with Gasteiger partial charge in [-0.25, -0.2) is 4.39 Å². The normalized spacial score (nSPS) is 15.0. The van der Waals surface area contributed by atoms with Crippen LogP contribution in [0.4, 0.5) is 10.1 Å². The van der Waals surface area contributed by atoms with Gasteiger partial charge in [0.1, 0.15) is 5.82 Å². The number of halogens is 3. The molecule has 0 saturated heterocycles. The number of aryl methyl sites for hydroxylation is 1. The van der Waals surface area contributed by atoms with Crippen LogP contribution in [-0.2, 0) is 6.42 Å². The minimum atomic E-state index is -0.351. The Morgan fingerprint density at radius 3 is 3.08 bits per heavy atom. The van der Waals surface area contributed by atoms with Gasteiger partial charge in [-0.2, -0.15) is 0 Å². The summed E-state index contributed by atoms with van der Waals surface area (Å²) in [4.78, 5) is 0. The van der Waals surface area contributed by atoms with Gasteiger partial charge in [-0.1, -0.05) is 11.6 Å². The second kappa shape index (κ2) is 3.46. The van der Waals surface area contributed by atoms with Gasteiger partial charge in [0.15, 0.2) is 0 Å². The molecule has 0 fully saturated rings. The second-order valence-electron chi connectivity index (χ2n) is 3.05. The van der Waals surface area contributed by atoms with E-state index in [1.54, 1.807) is 0 Å². The van der Waals surface area contributed by atoms with Crippen LogP contribution in [0.15, 0.2) is 10.5 Å². The van der Waals surface area contributed by atoms with Crippen molar-refractivity contribution in [2.45, 2.75) is 12.8 Å². The largest absolute Gasteiger partial charge is 0.384 e. The summed E-state index contributed by atoms with van der Waals surface area (Å²) in [7, 11) is 0. The maximum Gasteiger partial charge on any atom is 0.143 e. The van der Waals surface area contributed by atoms with Gasteiger partial charge >= 0.3 is 0 Å². The van der Waals surface area contributed by atoms with Crippen molar-refractivity contribution >= 4 is 33.2 Å². The van der Waals surface area contributed by atoms with Crippen molar-refractivity contribution in [2.75, 3.05) is 11.9 Å². The van der Waals surface area contributed by atoms with Crippen molar-refractivity contribution in [3.63, 3.8) is 0 Å². The van der Waals surface area contributed by atoms with Crippen molar-refractivity contribution < 1.29 is 4.39 Å². The molecule has 1 N–H and O–H groups in total. The lowest BCUT2D eigenvalue weighted by molar-refractivity contribution is 0.623. The number of nitrogens with one attached hydrogen (secondary N) is 1. The van der Waals surface area contributed by atoms with Gasteiger partial charge in [-0.15, -0.1) is 0 Å². The first-order chi connectivity index (χ1) is 6.20. The molecule has 1 aliphatic heterocycles. The average molecular weight is 265 g/mol. The van der Waals surface area contributed by atoms with Crippen molar-refractivity contribution in [1.29, 1.82) is 0 Å². The van der Waals surface area contributed by atoms with E-state index in [1.165, 1.54) is 6.07 Å². The molecule has 0 unspecified atom stereocenters. The molecule has 13 heavy (non-hydrogen) atoms. The van der Waals surface area contributed by atoms with Crippen LogP contribution in [0.2, 0.25) is 5.02 Å². The van der Waals surface area contributed by atoms with E-state index in [1.807, 2.05) is 0 Å². The Hall–Kier alpha value is -0.280. The number of hydrogen-bond acceptors (Lipinski definition) is 1. The lowest BCUT2D eigenvalue weighted by Gasteiger charge is -2.20. The average Bonchev–Trinajstić information content (AvgIpc) is 2.15. The predicted molar refractivity (Wildman–Crippen MR) is 55.9 cm³/mol. The third-order valence-corrected chi connectivity index (χ3v) is 3.56. The van der Waals surface area contributed by atoms with E-state index < -0.39 is 0 Å². The van der Waals surface area contributed by atoms with Crippen LogP contribution in [0.25, 0.3) is 0 Å². The molecule has 70 valence electrons. The molecule has 1 aromatic rings. The molecular formula is C9H8BrClFN. The van der Waals surface area contributed by atoms with Crippen molar-refractivity contribution in [1.82, 2.24) is 0 Å². The summed E-state index contributed by atoms with van der Waals surface area (Å²) in [6, 6.07) is 1.51. The predicted octanol–water partition coefficient (Wildman–Crippen LogP) is 3.60. The summed E-state index contributed by atoms with van der Waals surface area (Å²) in [5.74, 6) is -0.351. The van der Waals surface area contributed by atoms with E-state index in [-0.39, 0.29) is 10.8 Å². The van der Waals surface area contributed by atoms with Gasteiger partial charge in [0.05, 0.1) is 15.2 Å². The van der Waals surface area contributed by atoms with Crippen molar-refractivity contribution in [3.8, 4) is 0 Å². The Kier molecular flexibility index (Phi) is 2.47. The van der Waals surface area contributed by atoms with Crippen LogP contribution < -0.4 is 5.32 Å². The third kappa shape index (κ3) is 1.55. The third-order valence-electron chi connectivity index (χ3n) is 2.17. The van der Waals surface area contributed by atoms with Gasteiger partial charge in [-0.05, 0) is 40.4 Å². The Morgan fingerprint density at radius 2 is 2.31 bits per heavy atom. The lowest BCUT2D eigenvalue weighted by atomic mass is 10.0. The SMILES string of the molecule is Fc1cc2c(c(Br)c1Cl)NCCC2. The quantitative estimate of drug-likeness (QED) is 0.706. The molecule has 1 heterocycles. The monoisotopic (exact) mass is 263 g/mol. The van der Waals surface area contributed by atoms with E-state index >= 15 is 0 Å². The Labute approximate surface area is 89.4 Å². The number of rotatable bonds is 0. The molecule has 0 amide bonds. The van der Waals surface area contributed by atoms with Gasteiger partial charge < -0.3 is 5.32 Å². The van der Waals surface area contributed by atoms with Gasteiger partial charge in [0, 0.05) is 6.54 Å². The minimum Gasteiger partial charge on any atom is -0.384 e. The zero-order chi connectivity index (χ0) is 9.42. The fourth-order valence-corrected chi connectivity index (χ4v) is 2.26. The van der Waals surface area contributed by atoms with Crippen molar-refractivity contribution in [3.05, 3.63) is 26.9 Å². The highest BCUT2D eigenvalue weighted by molar-refractivity contribution is 9.10. The lowest BCUT2D eigenvalue weighted by Crippen LogP contribution is -2.12. The maximum absolute atomic E-state index is 13.2. The van der Waals surface area contributed by atoms with E-state index in [0.717, 1.165) is 30.6 Å². The van der Waals surface area contributed by atoms with Crippen LogP contribution in [0.5, 0.6) is 0 Å². The summed E-state index contributed by atoms with van der Waals surface area (Å²) in [6.45, 7) is 0.924. The highest BCUT2D eigenvalue weighted by atomic mass is 79.9. The number of fused-ring (bicyclic) bond motifs is 1. The maximum atomic E-state index is 13.2. The zero-order valence-corrected chi connectivity index (χ0v) is 9.17. The summed E-state index contributed by atoms with van der Waals surface area (Å²) in [5.41, 5.74) is 1.94. The highest BCUT2D eigenvalue weighted by Gasteiger charge is 2.17. The molecule has 0 bridgehead atoms. The molecule has 1 aromatic carbocycles. The summed E-state index contributed by atoms with van der Waals surface area (Å²) in [6.07, 6.45) is 1.95. The first kappa shape index (κ1) is 9.28.